The molecule has 1 aromatic rings. The Morgan fingerprint density at radius 2 is 2.60 bits per heavy atom. The van der Waals surface area contributed by atoms with E-state index in [1.54, 1.807) is 17.5 Å². The highest BCUT2D eigenvalue weighted by atomic mass is 32.1. The van der Waals surface area contributed by atoms with E-state index >= 15 is 0 Å². The van der Waals surface area contributed by atoms with Gasteiger partial charge >= 0.3 is 5.97 Å². The number of carbonyl (C=O) groups excluding carboxylic acids is 1. The predicted molar refractivity (Wildman–Crippen MR) is 59.1 cm³/mol. The van der Waals surface area contributed by atoms with Crippen molar-refractivity contribution in [3.63, 3.8) is 0 Å². The highest BCUT2D eigenvalue weighted by molar-refractivity contribution is 7.13. The van der Waals surface area contributed by atoms with Crippen LogP contribution in [0.5, 0.6) is 0 Å². The highest BCUT2D eigenvalue weighted by Crippen LogP contribution is 2.25. The van der Waals surface area contributed by atoms with Crippen LogP contribution in [0, 0.1) is 5.92 Å². The summed E-state index contributed by atoms with van der Waals surface area (Å²) >= 11 is 1.61. The van der Waals surface area contributed by atoms with E-state index in [4.69, 9.17) is 4.74 Å². The third kappa shape index (κ3) is 2.28. The third-order valence-corrected chi connectivity index (χ3v) is 3.48. The largest absolute Gasteiger partial charge is 0.469 e. The van der Waals surface area contributed by atoms with Gasteiger partial charge < -0.3 is 9.64 Å². The van der Waals surface area contributed by atoms with Crippen LogP contribution in [0.25, 0.3) is 0 Å². The first kappa shape index (κ1) is 10.4. The lowest BCUT2D eigenvalue weighted by Crippen LogP contribution is -2.39. The molecule has 1 atom stereocenters. The van der Waals surface area contributed by atoms with Gasteiger partial charge in [0.2, 0.25) is 0 Å². The normalized spacial score (nSPS) is 21.4. The maximum atomic E-state index is 11.4. The highest BCUT2D eigenvalue weighted by Gasteiger charge is 2.27. The molecule has 15 heavy (non-hydrogen) atoms. The summed E-state index contributed by atoms with van der Waals surface area (Å²) in [6, 6.07) is 0. The number of rotatable bonds is 2. The number of hydrogen-bond donors (Lipinski definition) is 0. The number of piperidine rings is 1. The first-order valence-electron chi connectivity index (χ1n) is 5.03. The van der Waals surface area contributed by atoms with E-state index < -0.39 is 0 Å². The molecule has 5 heteroatoms. The number of hydrogen-bond acceptors (Lipinski definition) is 5. The maximum absolute atomic E-state index is 11.4. The van der Waals surface area contributed by atoms with Crippen molar-refractivity contribution in [1.82, 2.24) is 4.98 Å². The summed E-state index contributed by atoms with van der Waals surface area (Å²) in [7, 11) is 1.45. The third-order valence-electron chi connectivity index (χ3n) is 2.65. The zero-order chi connectivity index (χ0) is 10.7. The van der Waals surface area contributed by atoms with Gasteiger partial charge in [-0.2, -0.15) is 0 Å². The molecule has 1 fully saturated rings. The average molecular weight is 226 g/mol. The summed E-state index contributed by atoms with van der Waals surface area (Å²) in [5.74, 6) is -0.0936. The van der Waals surface area contributed by atoms with Gasteiger partial charge in [0, 0.05) is 24.7 Å². The maximum Gasteiger partial charge on any atom is 0.310 e. The molecule has 82 valence electrons. The van der Waals surface area contributed by atoms with Crippen LogP contribution in [-0.2, 0) is 9.53 Å². The van der Waals surface area contributed by atoms with Crippen LogP contribution in [0.15, 0.2) is 11.6 Å². The molecule has 0 aromatic carbocycles. The van der Waals surface area contributed by atoms with Crippen LogP contribution in [0.4, 0.5) is 5.13 Å². The Morgan fingerprint density at radius 1 is 1.73 bits per heavy atom. The van der Waals surface area contributed by atoms with Crippen LogP contribution < -0.4 is 4.90 Å². The summed E-state index contributed by atoms with van der Waals surface area (Å²) < 4.78 is 4.77. The number of methoxy groups -OCH3 is 1. The fourth-order valence-electron chi connectivity index (χ4n) is 1.88. The zero-order valence-electron chi connectivity index (χ0n) is 8.68. The van der Waals surface area contributed by atoms with Crippen molar-refractivity contribution in [1.29, 1.82) is 0 Å². The van der Waals surface area contributed by atoms with Gasteiger partial charge in [-0.1, -0.05) is 0 Å². The second-order valence-electron chi connectivity index (χ2n) is 3.62. The van der Waals surface area contributed by atoms with Crippen LogP contribution >= 0.6 is 11.3 Å². The second-order valence-corrected chi connectivity index (χ2v) is 4.50. The Hall–Kier alpha value is -1.10. The molecule has 0 spiro atoms. The molecular weight excluding hydrogens is 212 g/mol. The first-order chi connectivity index (χ1) is 7.31. The van der Waals surface area contributed by atoms with Crippen molar-refractivity contribution >= 4 is 22.4 Å². The topological polar surface area (TPSA) is 42.4 Å². The van der Waals surface area contributed by atoms with Crippen LogP contribution in [0.2, 0.25) is 0 Å². The molecule has 0 aliphatic carbocycles. The van der Waals surface area contributed by atoms with E-state index in [2.05, 4.69) is 9.88 Å². The monoisotopic (exact) mass is 226 g/mol. The minimum atomic E-state index is -0.101. The summed E-state index contributed by atoms with van der Waals surface area (Å²) in [6.45, 7) is 1.72. The van der Waals surface area contributed by atoms with Crippen LogP contribution in [-0.4, -0.2) is 31.2 Å². The van der Waals surface area contributed by atoms with Crippen molar-refractivity contribution in [3.8, 4) is 0 Å². The summed E-state index contributed by atoms with van der Waals surface area (Å²) in [4.78, 5) is 17.8. The first-order valence-corrected chi connectivity index (χ1v) is 5.91. The van der Waals surface area contributed by atoms with Crippen LogP contribution in [0.1, 0.15) is 12.8 Å². The van der Waals surface area contributed by atoms with E-state index in [0.29, 0.717) is 0 Å². The van der Waals surface area contributed by atoms with Crippen LogP contribution in [0.3, 0.4) is 0 Å². The molecule has 0 N–H and O–H groups in total. The number of ether oxygens (including phenoxy) is 1. The van der Waals surface area contributed by atoms with Gasteiger partial charge in [0.05, 0.1) is 13.0 Å². The molecule has 4 nitrogen and oxygen atoms in total. The Kier molecular flexibility index (Phi) is 3.20. The van der Waals surface area contributed by atoms with Crippen molar-refractivity contribution in [2.24, 2.45) is 5.92 Å². The van der Waals surface area contributed by atoms with E-state index in [9.17, 15) is 4.79 Å². The van der Waals surface area contributed by atoms with Gasteiger partial charge in [-0.15, -0.1) is 11.3 Å². The Bertz CT molecular complexity index is 326. The Balaban J connectivity index is 2.01. The fourth-order valence-corrected chi connectivity index (χ4v) is 2.56. The lowest BCUT2D eigenvalue weighted by atomic mass is 9.99. The van der Waals surface area contributed by atoms with Gasteiger partial charge in [0.15, 0.2) is 5.13 Å². The number of thiazole rings is 1. The average Bonchev–Trinajstić information content (AvgIpc) is 2.82. The molecule has 1 aliphatic heterocycles. The molecule has 0 saturated carbocycles. The fraction of sp³-hybridized carbons (Fsp3) is 0.600. The van der Waals surface area contributed by atoms with Gasteiger partial charge in [0.25, 0.3) is 0 Å². The number of nitrogens with zero attached hydrogens (tertiary/aromatic N) is 2. The molecule has 2 heterocycles. The smallest absolute Gasteiger partial charge is 0.310 e. The lowest BCUT2D eigenvalue weighted by molar-refractivity contribution is -0.145. The van der Waals surface area contributed by atoms with Crippen molar-refractivity contribution < 1.29 is 9.53 Å². The SMILES string of the molecule is COC(=O)C1CCCN(c2nccs2)C1. The van der Waals surface area contributed by atoms with Crippen molar-refractivity contribution in [2.75, 3.05) is 25.1 Å². The van der Waals surface area contributed by atoms with Crippen molar-refractivity contribution in [2.45, 2.75) is 12.8 Å². The van der Waals surface area contributed by atoms with Gasteiger partial charge in [-0.3, -0.25) is 4.79 Å². The van der Waals surface area contributed by atoms with E-state index in [-0.39, 0.29) is 11.9 Å². The number of carbonyl (C=O) groups is 1. The van der Waals surface area contributed by atoms with E-state index in [0.717, 1.165) is 31.1 Å². The van der Waals surface area contributed by atoms with Gasteiger partial charge in [-0.05, 0) is 12.8 Å². The molecule has 0 radical (unpaired) electrons. The molecule has 0 amide bonds. The molecule has 2 rings (SSSR count). The summed E-state index contributed by atoms with van der Waals surface area (Å²) in [5.41, 5.74) is 0. The molecule has 1 aliphatic rings. The van der Waals surface area contributed by atoms with Gasteiger partial charge in [-0.25, -0.2) is 4.98 Å². The van der Waals surface area contributed by atoms with E-state index in [1.807, 2.05) is 5.38 Å². The standard InChI is InChI=1S/C10H14N2O2S/c1-14-9(13)8-3-2-5-12(7-8)10-11-4-6-15-10/h4,6,8H,2-3,5,7H2,1H3. The lowest BCUT2D eigenvalue weighted by Gasteiger charge is -2.30. The molecular formula is C10H14N2O2S. The Morgan fingerprint density at radius 3 is 3.27 bits per heavy atom. The quantitative estimate of drug-likeness (QED) is 0.717. The summed E-state index contributed by atoms with van der Waals surface area (Å²) in [6.07, 6.45) is 3.75. The number of anilines is 1. The summed E-state index contributed by atoms with van der Waals surface area (Å²) in [5, 5.41) is 2.96. The van der Waals surface area contributed by atoms with Gasteiger partial charge in [0.1, 0.15) is 0 Å². The molecule has 1 saturated heterocycles. The molecule has 1 unspecified atom stereocenters. The predicted octanol–water partition coefficient (Wildman–Crippen LogP) is 1.53. The zero-order valence-corrected chi connectivity index (χ0v) is 9.50. The molecule has 0 bridgehead atoms. The number of aromatic nitrogens is 1. The van der Waals surface area contributed by atoms with E-state index in [1.165, 1.54) is 7.11 Å². The second kappa shape index (κ2) is 4.61. The minimum Gasteiger partial charge on any atom is -0.469 e. The number of esters is 1. The van der Waals surface area contributed by atoms with Crippen molar-refractivity contribution in [3.05, 3.63) is 11.6 Å². The molecule has 1 aromatic heterocycles. The Labute approximate surface area is 92.9 Å². The minimum absolute atomic E-state index is 0.00708.